The van der Waals surface area contributed by atoms with E-state index in [1.165, 1.54) is 0 Å². The lowest BCUT2D eigenvalue weighted by molar-refractivity contribution is 0.0914. The molecule has 2 N–H and O–H groups in total. The van der Waals surface area contributed by atoms with Crippen molar-refractivity contribution >= 4 is 33.4 Å². The molecule has 88 valence electrons. The number of rotatable bonds is 4. The lowest BCUT2D eigenvalue weighted by Gasteiger charge is -2.10. The molecule has 1 aromatic rings. The highest BCUT2D eigenvalue weighted by Crippen LogP contribution is 2.21. The van der Waals surface area contributed by atoms with E-state index in [1.807, 2.05) is 6.92 Å². The van der Waals surface area contributed by atoms with Gasteiger partial charge < -0.3 is 10.4 Å². The number of halogens is 2. The summed E-state index contributed by atoms with van der Waals surface area (Å²) < 4.78 is 0.822. The number of amides is 1. The summed E-state index contributed by atoms with van der Waals surface area (Å²) in [6, 6.07) is 5.05. The van der Waals surface area contributed by atoms with Crippen molar-refractivity contribution in [1.29, 1.82) is 0 Å². The van der Waals surface area contributed by atoms with Gasteiger partial charge in [-0.2, -0.15) is 0 Å². The van der Waals surface area contributed by atoms with Gasteiger partial charge in [0, 0.05) is 11.0 Å². The minimum absolute atomic E-state index is 0.238. The Hall–Kier alpha value is -0.580. The van der Waals surface area contributed by atoms with Crippen LogP contribution in [0.3, 0.4) is 0 Å². The molecule has 0 aliphatic rings. The molecule has 0 aliphatic heterocycles. The number of aliphatic hydroxyl groups excluding tert-OH is 1. The summed E-state index contributed by atoms with van der Waals surface area (Å²) in [5, 5.41) is 12.3. The number of aliphatic hydroxyl groups is 1. The Morgan fingerprint density at radius 1 is 1.62 bits per heavy atom. The van der Waals surface area contributed by atoms with Crippen LogP contribution in [0.1, 0.15) is 23.7 Å². The van der Waals surface area contributed by atoms with Gasteiger partial charge in [-0.3, -0.25) is 4.79 Å². The normalized spacial score (nSPS) is 12.2. The monoisotopic (exact) mass is 305 g/mol. The number of hydrogen-bond donors (Lipinski definition) is 2. The minimum Gasteiger partial charge on any atom is -0.391 e. The predicted octanol–water partition coefficient (Wildman–Crippen LogP) is 2.60. The average Bonchev–Trinajstić information content (AvgIpc) is 2.25. The van der Waals surface area contributed by atoms with Crippen molar-refractivity contribution < 1.29 is 9.90 Å². The van der Waals surface area contributed by atoms with E-state index < -0.39 is 6.10 Å². The standard InChI is InChI=1S/C11H13BrClNO2/c1-2-8(15)6-14-11(16)9-4-3-7(12)5-10(9)13/h3-5,8,15H,2,6H2,1H3,(H,14,16). The molecule has 0 fully saturated rings. The highest BCUT2D eigenvalue weighted by atomic mass is 79.9. The Labute approximate surface area is 108 Å². The third kappa shape index (κ3) is 3.77. The van der Waals surface area contributed by atoms with Crippen molar-refractivity contribution in [2.24, 2.45) is 0 Å². The first-order valence-electron chi connectivity index (χ1n) is 4.96. The van der Waals surface area contributed by atoms with E-state index in [2.05, 4.69) is 21.2 Å². The molecule has 16 heavy (non-hydrogen) atoms. The summed E-state index contributed by atoms with van der Waals surface area (Å²) in [5.74, 6) is -0.273. The van der Waals surface area contributed by atoms with E-state index >= 15 is 0 Å². The molecular formula is C11H13BrClNO2. The topological polar surface area (TPSA) is 49.3 Å². The fourth-order valence-corrected chi connectivity index (χ4v) is 1.88. The van der Waals surface area contributed by atoms with Gasteiger partial charge in [-0.05, 0) is 24.6 Å². The Kier molecular flexibility index (Phi) is 5.25. The lowest BCUT2D eigenvalue weighted by Crippen LogP contribution is -2.31. The Morgan fingerprint density at radius 3 is 2.88 bits per heavy atom. The van der Waals surface area contributed by atoms with E-state index in [0.29, 0.717) is 17.0 Å². The van der Waals surface area contributed by atoms with Gasteiger partial charge in [-0.1, -0.05) is 34.5 Å². The maximum absolute atomic E-state index is 11.7. The van der Waals surface area contributed by atoms with Crippen LogP contribution in [0.5, 0.6) is 0 Å². The second-order valence-corrected chi connectivity index (χ2v) is 4.72. The zero-order valence-corrected chi connectivity index (χ0v) is 11.2. The Morgan fingerprint density at radius 2 is 2.31 bits per heavy atom. The molecule has 1 unspecified atom stereocenters. The molecule has 0 spiro atoms. The second-order valence-electron chi connectivity index (χ2n) is 3.40. The second kappa shape index (κ2) is 6.23. The quantitative estimate of drug-likeness (QED) is 0.898. The largest absolute Gasteiger partial charge is 0.391 e. The van der Waals surface area contributed by atoms with Crippen molar-refractivity contribution in [3.05, 3.63) is 33.3 Å². The van der Waals surface area contributed by atoms with Crippen LogP contribution < -0.4 is 5.32 Å². The first-order chi connectivity index (χ1) is 7.54. The van der Waals surface area contributed by atoms with Gasteiger partial charge in [0.25, 0.3) is 5.91 Å². The highest BCUT2D eigenvalue weighted by molar-refractivity contribution is 9.10. The molecule has 1 amide bonds. The lowest BCUT2D eigenvalue weighted by atomic mass is 10.2. The predicted molar refractivity (Wildman–Crippen MR) is 67.8 cm³/mol. The van der Waals surface area contributed by atoms with Crippen molar-refractivity contribution in [3.8, 4) is 0 Å². The molecule has 0 saturated heterocycles. The molecule has 5 heteroatoms. The number of benzene rings is 1. The van der Waals surface area contributed by atoms with Crippen LogP contribution >= 0.6 is 27.5 Å². The maximum atomic E-state index is 11.7. The van der Waals surface area contributed by atoms with Gasteiger partial charge in [-0.15, -0.1) is 0 Å². The molecule has 0 heterocycles. The van der Waals surface area contributed by atoms with E-state index in [0.717, 1.165) is 4.47 Å². The SMILES string of the molecule is CCC(O)CNC(=O)c1ccc(Br)cc1Cl. The van der Waals surface area contributed by atoms with E-state index in [1.54, 1.807) is 18.2 Å². The molecule has 0 bridgehead atoms. The summed E-state index contributed by atoms with van der Waals surface area (Å²) in [6.45, 7) is 2.09. The number of nitrogens with one attached hydrogen (secondary N) is 1. The molecule has 0 aliphatic carbocycles. The number of carbonyl (C=O) groups excluding carboxylic acids is 1. The molecule has 0 aromatic heterocycles. The zero-order chi connectivity index (χ0) is 12.1. The third-order valence-electron chi connectivity index (χ3n) is 2.15. The molecular weight excluding hydrogens is 293 g/mol. The zero-order valence-electron chi connectivity index (χ0n) is 8.84. The van der Waals surface area contributed by atoms with Crippen LogP contribution in [0.15, 0.2) is 22.7 Å². The van der Waals surface area contributed by atoms with Crippen molar-refractivity contribution in [1.82, 2.24) is 5.32 Å². The van der Waals surface area contributed by atoms with Gasteiger partial charge >= 0.3 is 0 Å². The van der Waals surface area contributed by atoms with Gasteiger partial charge in [0.05, 0.1) is 16.7 Å². The molecule has 0 saturated carbocycles. The summed E-state index contributed by atoms with van der Waals surface area (Å²) in [6.07, 6.45) is 0.0899. The van der Waals surface area contributed by atoms with E-state index in [4.69, 9.17) is 11.6 Å². The third-order valence-corrected chi connectivity index (χ3v) is 2.95. The molecule has 1 atom stereocenters. The van der Waals surface area contributed by atoms with Gasteiger partial charge in [0.2, 0.25) is 0 Å². The van der Waals surface area contributed by atoms with Crippen molar-refractivity contribution in [2.45, 2.75) is 19.4 Å². The maximum Gasteiger partial charge on any atom is 0.252 e. The van der Waals surface area contributed by atoms with E-state index in [9.17, 15) is 9.90 Å². The van der Waals surface area contributed by atoms with Crippen LogP contribution in [0.4, 0.5) is 0 Å². The van der Waals surface area contributed by atoms with E-state index in [-0.39, 0.29) is 12.5 Å². The van der Waals surface area contributed by atoms with Crippen LogP contribution in [0, 0.1) is 0 Å². The van der Waals surface area contributed by atoms with Crippen LogP contribution in [-0.2, 0) is 0 Å². The minimum atomic E-state index is -0.516. The average molecular weight is 307 g/mol. The van der Waals surface area contributed by atoms with Gasteiger partial charge in [0.15, 0.2) is 0 Å². The Bertz CT molecular complexity index is 384. The molecule has 0 radical (unpaired) electrons. The summed E-state index contributed by atoms with van der Waals surface area (Å²) in [7, 11) is 0. The summed E-state index contributed by atoms with van der Waals surface area (Å²) in [4.78, 5) is 11.7. The molecule has 1 rings (SSSR count). The highest BCUT2D eigenvalue weighted by Gasteiger charge is 2.11. The number of carbonyl (C=O) groups is 1. The summed E-state index contributed by atoms with van der Waals surface area (Å²) >= 11 is 9.18. The molecule has 1 aromatic carbocycles. The Balaban J connectivity index is 2.66. The molecule has 3 nitrogen and oxygen atoms in total. The van der Waals surface area contributed by atoms with Gasteiger partial charge in [-0.25, -0.2) is 0 Å². The fraction of sp³-hybridized carbons (Fsp3) is 0.364. The van der Waals surface area contributed by atoms with Crippen LogP contribution in [-0.4, -0.2) is 23.7 Å². The van der Waals surface area contributed by atoms with Crippen molar-refractivity contribution in [3.63, 3.8) is 0 Å². The summed E-state index contributed by atoms with van der Waals surface area (Å²) in [5.41, 5.74) is 0.410. The first kappa shape index (κ1) is 13.5. The van der Waals surface area contributed by atoms with Crippen LogP contribution in [0.2, 0.25) is 5.02 Å². The van der Waals surface area contributed by atoms with Crippen LogP contribution in [0.25, 0.3) is 0 Å². The fourth-order valence-electron chi connectivity index (χ4n) is 1.12. The van der Waals surface area contributed by atoms with Crippen molar-refractivity contribution in [2.75, 3.05) is 6.54 Å². The first-order valence-corrected chi connectivity index (χ1v) is 6.13. The van der Waals surface area contributed by atoms with Gasteiger partial charge in [0.1, 0.15) is 0 Å². The number of hydrogen-bond acceptors (Lipinski definition) is 2. The smallest absolute Gasteiger partial charge is 0.252 e.